The first-order valence-corrected chi connectivity index (χ1v) is 5.72. The van der Waals surface area contributed by atoms with Crippen LogP contribution in [0.5, 0.6) is 17.2 Å². The molecule has 1 aromatic rings. The highest BCUT2D eigenvalue weighted by Crippen LogP contribution is 2.35. The smallest absolute Gasteiger partial charge is 0.231 e. The van der Waals surface area contributed by atoms with E-state index in [2.05, 4.69) is 0 Å². The van der Waals surface area contributed by atoms with Crippen LogP contribution in [0.3, 0.4) is 0 Å². The summed E-state index contributed by atoms with van der Waals surface area (Å²) in [5, 5.41) is 0. The highest BCUT2D eigenvalue weighted by atomic mass is 16.7. The number of benzene rings is 1. The number of hydrogen-bond donors (Lipinski definition) is 1. The van der Waals surface area contributed by atoms with Crippen molar-refractivity contribution in [3.63, 3.8) is 0 Å². The van der Waals surface area contributed by atoms with Crippen molar-refractivity contribution in [3.8, 4) is 17.2 Å². The van der Waals surface area contributed by atoms with Crippen molar-refractivity contribution in [1.29, 1.82) is 0 Å². The Labute approximate surface area is 99.4 Å². The second-order valence-electron chi connectivity index (χ2n) is 4.20. The molecule has 5 nitrogen and oxygen atoms in total. The summed E-state index contributed by atoms with van der Waals surface area (Å²) >= 11 is 0. The zero-order chi connectivity index (χ0) is 11.7. The average Bonchev–Trinajstić information content (AvgIpc) is 2.79. The van der Waals surface area contributed by atoms with Crippen LogP contribution < -0.4 is 19.9 Å². The highest BCUT2D eigenvalue weighted by molar-refractivity contribution is 5.46. The molecule has 0 aliphatic carbocycles. The van der Waals surface area contributed by atoms with Crippen LogP contribution >= 0.6 is 0 Å². The van der Waals surface area contributed by atoms with E-state index in [1.807, 2.05) is 18.2 Å². The number of rotatable bonds is 2. The molecule has 2 unspecified atom stereocenters. The molecule has 3 rings (SSSR count). The van der Waals surface area contributed by atoms with Crippen molar-refractivity contribution in [2.24, 2.45) is 5.73 Å². The minimum absolute atomic E-state index is 0.0224. The maximum atomic E-state index is 5.98. The molecule has 17 heavy (non-hydrogen) atoms. The molecule has 0 saturated carbocycles. The van der Waals surface area contributed by atoms with E-state index in [0.717, 1.165) is 17.9 Å². The van der Waals surface area contributed by atoms with E-state index in [1.165, 1.54) is 0 Å². The van der Waals surface area contributed by atoms with Gasteiger partial charge in [-0.1, -0.05) is 0 Å². The van der Waals surface area contributed by atoms with Crippen LogP contribution in [0, 0.1) is 0 Å². The van der Waals surface area contributed by atoms with Crippen LogP contribution in [0.15, 0.2) is 18.2 Å². The molecule has 0 spiro atoms. The fourth-order valence-electron chi connectivity index (χ4n) is 1.97. The first-order chi connectivity index (χ1) is 8.33. The standard InChI is InChI=1S/C12H15NO4/c13-9-3-4-14-6-12(9)17-8-1-2-10-11(5-8)16-7-15-10/h1-2,5,9,12H,3-4,6-7,13H2. The van der Waals surface area contributed by atoms with Crippen molar-refractivity contribution in [1.82, 2.24) is 0 Å². The Kier molecular flexibility index (Phi) is 2.78. The van der Waals surface area contributed by atoms with E-state index in [0.29, 0.717) is 19.0 Å². The molecule has 2 N–H and O–H groups in total. The Bertz CT molecular complexity index is 409. The SMILES string of the molecule is NC1CCOCC1Oc1ccc2c(c1)OCO2. The molecule has 0 aromatic heterocycles. The van der Waals surface area contributed by atoms with Crippen LogP contribution in [-0.2, 0) is 4.74 Å². The number of hydrogen-bond acceptors (Lipinski definition) is 5. The third-order valence-electron chi connectivity index (χ3n) is 2.99. The van der Waals surface area contributed by atoms with Gasteiger partial charge in [0.05, 0.1) is 6.61 Å². The first-order valence-electron chi connectivity index (χ1n) is 5.72. The van der Waals surface area contributed by atoms with E-state index in [1.54, 1.807) is 0 Å². The molecule has 0 bridgehead atoms. The van der Waals surface area contributed by atoms with Crippen molar-refractivity contribution in [2.45, 2.75) is 18.6 Å². The number of nitrogens with two attached hydrogens (primary N) is 1. The minimum Gasteiger partial charge on any atom is -0.486 e. The molecule has 2 aliphatic heterocycles. The highest BCUT2D eigenvalue weighted by Gasteiger charge is 2.24. The monoisotopic (exact) mass is 237 g/mol. The second kappa shape index (κ2) is 4.43. The lowest BCUT2D eigenvalue weighted by Gasteiger charge is -2.29. The van der Waals surface area contributed by atoms with E-state index < -0.39 is 0 Å². The molecule has 2 heterocycles. The Balaban J connectivity index is 1.72. The van der Waals surface area contributed by atoms with E-state index >= 15 is 0 Å². The molecule has 1 fully saturated rings. The molecular weight excluding hydrogens is 222 g/mol. The summed E-state index contributed by atoms with van der Waals surface area (Å²) in [6.07, 6.45) is 0.735. The second-order valence-corrected chi connectivity index (χ2v) is 4.20. The summed E-state index contributed by atoms with van der Waals surface area (Å²) < 4.78 is 21.7. The van der Waals surface area contributed by atoms with Gasteiger partial charge in [0.25, 0.3) is 0 Å². The Morgan fingerprint density at radius 1 is 1.24 bits per heavy atom. The van der Waals surface area contributed by atoms with E-state index in [4.69, 9.17) is 24.7 Å². The lowest BCUT2D eigenvalue weighted by atomic mass is 10.1. The summed E-state index contributed by atoms with van der Waals surface area (Å²) in [5.74, 6) is 2.20. The summed E-state index contributed by atoms with van der Waals surface area (Å²) in [7, 11) is 0. The maximum absolute atomic E-state index is 5.98. The van der Waals surface area contributed by atoms with Crippen molar-refractivity contribution in [3.05, 3.63) is 18.2 Å². The molecule has 1 aromatic carbocycles. The Morgan fingerprint density at radius 2 is 2.12 bits per heavy atom. The van der Waals surface area contributed by atoms with Gasteiger partial charge in [0.2, 0.25) is 6.79 Å². The van der Waals surface area contributed by atoms with Gasteiger partial charge >= 0.3 is 0 Å². The molecular formula is C12H15NO4. The van der Waals surface area contributed by atoms with Gasteiger partial charge in [-0.05, 0) is 18.6 Å². The van der Waals surface area contributed by atoms with Gasteiger partial charge in [-0.25, -0.2) is 0 Å². The maximum Gasteiger partial charge on any atom is 0.231 e. The van der Waals surface area contributed by atoms with Crippen LogP contribution in [0.1, 0.15) is 6.42 Å². The van der Waals surface area contributed by atoms with Gasteiger partial charge in [0, 0.05) is 18.7 Å². The third-order valence-corrected chi connectivity index (χ3v) is 2.99. The zero-order valence-corrected chi connectivity index (χ0v) is 9.43. The average molecular weight is 237 g/mol. The molecule has 5 heteroatoms. The number of ether oxygens (including phenoxy) is 4. The van der Waals surface area contributed by atoms with Crippen LogP contribution in [-0.4, -0.2) is 32.2 Å². The van der Waals surface area contributed by atoms with Crippen molar-refractivity contribution >= 4 is 0 Å². The predicted molar refractivity (Wildman–Crippen MR) is 60.4 cm³/mol. The van der Waals surface area contributed by atoms with Gasteiger partial charge in [-0.3, -0.25) is 0 Å². The van der Waals surface area contributed by atoms with Crippen LogP contribution in [0.25, 0.3) is 0 Å². The molecule has 92 valence electrons. The first kappa shape index (κ1) is 10.7. The number of fused-ring (bicyclic) bond motifs is 1. The van der Waals surface area contributed by atoms with Crippen LogP contribution in [0.4, 0.5) is 0 Å². The summed E-state index contributed by atoms with van der Waals surface area (Å²) in [5.41, 5.74) is 5.98. The van der Waals surface area contributed by atoms with E-state index in [9.17, 15) is 0 Å². The molecule has 0 radical (unpaired) electrons. The van der Waals surface area contributed by atoms with E-state index in [-0.39, 0.29) is 18.9 Å². The van der Waals surface area contributed by atoms with Crippen molar-refractivity contribution in [2.75, 3.05) is 20.0 Å². The molecule has 1 saturated heterocycles. The van der Waals surface area contributed by atoms with Gasteiger partial charge in [-0.2, -0.15) is 0 Å². The Morgan fingerprint density at radius 3 is 3.00 bits per heavy atom. The van der Waals surface area contributed by atoms with Gasteiger partial charge in [-0.15, -0.1) is 0 Å². The predicted octanol–water partition coefficient (Wildman–Crippen LogP) is 0.910. The van der Waals surface area contributed by atoms with Gasteiger partial charge in [0.15, 0.2) is 11.5 Å². The Hall–Kier alpha value is -1.46. The fourth-order valence-corrected chi connectivity index (χ4v) is 1.97. The lowest BCUT2D eigenvalue weighted by molar-refractivity contribution is -0.00537. The summed E-state index contributed by atoms with van der Waals surface area (Å²) in [6, 6.07) is 5.54. The zero-order valence-electron chi connectivity index (χ0n) is 9.43. The lowest BCUT2D eigenvalue weighted by Crippen LogP contribution is -2.46. The topological polar surface area (TPSA) is 62.9 Å². The third kappa shape index (κ3) is 2.16. The molecule has 2 aliphatic rings. The minimum atomic E-state index is -0.0934. The quantitative estimate of drug-likeness (QED) is 0.828. The molecule has 0 amide bonds. The van der Waals surface area contributed by atoms with Crippen molar-refractivity contribution < 1.29 is 18.9 Å². The van der Waals surface area contributed by atoms with Crippen LogP contribution in [0.2, 0.25) is 0 Å². The fraction of sp³-hybridized carbons (Fsp3) is 0.500. The normalized spacial score (nSPS) is 26.9. The van der Waals surface area contributed by atoms with Gasteiger partial charge < -0.3 is 24.7 Å². The summed E-state index contributed by atoms with van der Waals surface area (Å²) in [6.45, 7) is 1.52. The summed E-state index contributed by atoms with van der Waals surface area (Å²) in [4.78, 5) is 0. The molecule has 2 atom stereocenters. The van der Waals surface area contributed by atoms with Gasteiger partial charge in [0.1, 0.15) is 11.9 Å². The largest absolute Gasteiger partial charge is 0.486 e.